The van der Waals surface area contributed by atoms with Crippen LogP contribution in [-0.4, -0.2) is 42.5 Å². The van der Waals surface area contributed by atoms with Crippen LogP contribution in [-0.2, 0) is 6.54 Å². The quantitative estimate of drug-likeness (QED) is 0.413. The first-order chi connectivity index (χ1) is 12.6. The zero-order valence-electron chi connectivity index (χ0n) is 17.3. The smallest absolute Gasteiger partial charge is 0.0314 e. The summed E-state index contributed by atoms with van der Waals surface area (Å²) in [6, 6.07) is 8.33. The van der Waals surface area contributed by atoms with Gasteiger partial charge in [-0.25, -0.2) is 0 Å². The maximum absolute atomic E-state index is 5.77. The van der Waals surface area contributed by atoms with Crippen molar-refractivity contribution in [3.05, 3.63) is 29.8 Å². The maximum Gasteiger partial charge on any atom is 0.0314 e. The Hall–Kier alpha value is -1.06. The second-order valence-electron chi connectivity index (χ2n) is 8.52. The number of nitrogen functional groups attached to an aromatic ring is 1. The molecule has 0 amide bonds. The number of nitrogens with two attached hydrogens (primary N) is 1. The van der Waals surface area contributed by atoms with Crippen LogP contribution >= 0.6 is 0 Å². The number of nitrogens with zero attached hydrogens (tertiary/aromatic N) is 2. The Morgan fingerprint density at radius 3 is 1.92 bits per heavy atom. The van der Waals surface area contributed by atoms with Crippen LogP contribution < -0.4 is 5.73 Å². The summed E-state index contributed by atoms with van der Waals surface area (Å²) in [6.45, 7) is 11.9. The number of rotatable bonds is 12. The number of anilines is 1. The third-order valence-corrected chi connectivity index (χ3v) is 5.61. The lowest BCUT2D eigenvalue weighted by atomic mass is 10.0. The molecule has 0 aromatic heterocycles. The third-order valence-electron chi connectivity index (χ3n) is 5.61. The Morgan fingerprint density at radius 1 is 0.769 bits per heavy atom. The van der Waals surface area contributed by atoms with Gasteiger partial charge < -0.3 is 10.6 Å². The van der Waals surface area contributed by atoms with Crippen LogP contribution in [0.25, 0.3) is 0 Å². The fraction of sp³-hybridized carbons (Fsp3) is 0.739. The molecular formula is C23H41N3. The highest BCUT2D eigenvalue weighted by molar-refractivity contribution is 5.39. The summed E-state index contributed by atoms with van der Waals surface area (Å²) >= 11 is 0. The molecule has 26 heavy (non-hydrogen) atoms. The molecule has 0 aliphatic carbocycles. The molecule has 1 aromatic rings. The summed E-state index contributed by atoms with van der Waals surface area (Å²) in [5, 5.41) is 0. The topological polar surface area (TPSA) is 32.5 Å². The molecule has 1 aromatic carbocycles. The fourth-order valence-corrected chi connectivity index (χ4v) is 3.82. The highest BCUT2D eigenvalue weighted by Gasteiger charge is 2.16. The predicted molar refractivity (Wildman–Crippen MR) is 114 cm³/mol. The molecule has 1 aliphatic heterocycles. The third kappa shape index (κ3) is 9.05. The lowest BCUT2D eigenvalue weighted by Gasteiger charge is -2.34. The minimum absolute atomic E-state index is 0.856. The molecule has 1 heterocycles. The molecular weight excluding hydrogens is 318 g/mol. The first kappa shape index (κ1) is 21.2. The molecule has 0 bridgehead atoms. The molecule has 0 spiro atoms. The van der Waals surface area contributed by atoms with E-state index in [4.69, 9.17) is 5.73 Å². The van der Waals surface area contributed by atoms with Crippen molar-refractivity contribution in [1.82, 2.24) is 9.80 Å². The largest absolute Gasteiger partial charge is 0.399 e. The van der Waals surface area contributed by atoms with Gasteiger partial charge in [-0.05, 0) is 36.6 Å². The maximum atomic E-state index is 5.77. The lowest BCUT2D eigenvalue weighted by molar-refractivity contribution is 0.125. The summed E-state index contributed by atoms with van der Waals surface area (Å²) in [6.07, 6.45) is 11.4. The van der Waals surface area contributed by atoms with Crippen LogP contribution in [0.3, 0.4) is 0 Å². The van der Waals surface area contributed by atoms with Crippen molar-refractivity contribution in [2.75, 3.05) is 38.5 Å². The average Bonchev–Trinajstić information content (AvgIpc) is 2.63. The SMILES string of the molecule is CC(C)CCCCCCCCCN1CCN(Cc2ccc(N)cc2)CC1. The second-order valence-corrected chi connectivity index (χ2v) is 8.52. The molecule has 1 aliphatic rings. The van der Waals surface area contributed by atoms with Gasteiger partial charge in [-0.1, -0.05) is 70.9 Å². The van der Waals surface area contributed by atoms with Gasteiger partial charge in [0.15, 0.2) is 0 Å². The zero-order valence-corrected chi connectivity index (χ0v) is 17.3. The summed E-state index contributed by atoms with van der Waals surface area (Å²) in [4.78, 5) is 5.22. The molecule has 2 rings (SSSR count). The van der Waals surface area contributed by atoms with E-state index in [1.165, 1.54) is 89.7 Å². The molecule has 0 saturated carbocycles. The molecule has 0 radical (unpaired) electrons. The van der Waals surface area contributed by atoms with Crippen LogP contribution in [0.4, 0.5) is 5.69 Å². The van der Waals surface area contributed by atoms with Crippen LogP contribution in [0, 0.1) is 5.92 Å². The molecule has 1 fully saturated rings. The second kappa shape index (κ2) is 12.3. The minimum Gasteiger partial charge on any atom is -0.399 e. The predicted octanol–water partition coefficient (Wildman–Crippen LogP) is 5.16. The highest BCUT2D eigenvalue weighted by atomic mass is 15.3. The Labute approximate surface area is 161 Å². The van der Waals surface area contributed by atoms with Gasteiger partial charge >= 0.3 is 0 Å². The van der Waals surface area contributed by atoms with Crippen molar-refractivity contribution in [1.29, 1.82) is 0 Å². The number of hydrogen-bond acceptors (Lipinski definition) is 3. The number of hydrogen-bond donors (Lipinski definition) is 1. The van der Waals surface area contributed by atoms with Gasteiger partial charge in [0.1, 0.15) is 0 Å². The summed E-state index contributed by atoms with van der Waals surface area (Å²) in [7, 11) is 0. The van der Waals surface area contributed by atoms with Gasteiger partial charge in [-0.3, -0.25) is 4.90 Å². The summed E-state index contributed by atoms with van der Waals surface area (Å²) < 4.78 is 0. The van der Waals surface area contributed by atoms with Gasteiger partial charge in [0.2, 0.25) is 0 Å². The monoisotopic (exact) mass is 359 g/mol. The lowest BCUT2D eigenvalue weighted by Crippen LogP contribution is -2.46. The Balaban J connectivity index is 1.44. The van der Waals surface area contributed by atoms with Gasteiger partial charge in [0, 0.05) is 38.4 Å². The molecule has 0 atom stereocenters. The number of piperazine rings is 1. The summed E-state index contributed by atoms with van der Waals surface area (Å²) in [5.41, 5.74) is 8.00. The molecule has 2 N–H and O–H groups in total. The van der Waals surface area contributed by atoms with E-state index in [2.05, 4.69) is 35.8 Å². The van der Waals surface area contributed by atoms with Crippen LogP contribution in [0.5, 0.6) is 0 Å². The van der Waals surface area contributed by atoms with Crippen molar-refractivity contribution >= 4 is 5.69 Å². The van der Waals surface area contributed by atoms with Crippen molar-refractivity contribution < 1.29 is 0 Å². The summed E-state index contributed by atoms with van der Waals surface area (Å²) in [5.74, 6) is 0.877. The number of benzene rings is 1. The van der Waals surface area contributed by atoms with E-state index in [0.717, 1.165) is 18.2 Å². The zero-order chi connectivity index (χ0) is 18.6. The van der Waals surface area contributed by atoms with E-state index in [9.17, 15) is 0 Å². The van der Waals surface area contributed by atoms with E-state index < -0.39 is 0 Å². The first-order valence-corrected chi connectivity index (χ1v) is 10.9. The van der Waals surface area contributed by atoms with Gasteiger partial charge in [-0.15, -0.1) is 0 Å². The van der Waals surface area contributed by atoms with Gasteiger partial charge in [0.05, 0.1) is 0 Å². The van der Waals surface area contributed by atoms with E-state index in [0.29, 0.717) is 0 Å². The Bertz CT molecular complexity index is 461. The number of unbranched alkanes of at least 4 members (excludes halogenated alkanes) is 6. The van der Waals surface area contributed by atoms with Crippen LogP contribution in [0.2, 0.25) is 0 Å². The van der Waals surface area contributed by atoms with Crippen LogP contribution in [0.1, 0.15) is 70.8 Å². The van der Waals surface area contributed by atoms with Crippen LogP contribution in [0.15, 0.2) is 24.3 Å². The molecule has 3 nitrogen and oxygen atoms in total. The Morgan fingerprint density at radius 2 is 1.31 bits per heavy atom. The molecule has 148 valence electrons. The van der Waals surface area contributed by atoms with Crippen molar-refractivity contribution in [2.24, 2.45) is 5.92 Å². The van der Waals surface area contributed by atoms with E-state index in [-0.39, 0.29) is 0 Å². The van der Waals surface area contributed by atoms with Gasteiger partial charge in [0.25, 0.3) is 0 Å². The first-order valence-electron chi connectivity index (χ1n) is 10.9. The van der Waals surface area contributed by atoms with E-state index in [1.54, 1.807) is 0 Å². The minimum atomic E-state index is 0.856. The molecule has 1 saturated heterocycles. The molecule has 3 heteroatoms. The van der Waals surface area contributed by atoms with Crippen molar-refractivity contribution in [3.8, 4) is 0 Å². The van der Waals surface area contributed by atoms with E-state index in [1.807, 2.05) is 12.1 Å². The van der Waals surface area contributed by atoms with Gasteiger partial charge in [-0.2, -0.15) is 0 Å². The molecule has 0 unspecified atom stereocenters. The normalized spacial score (nSPS) is 16.4. The standard InChI is InChI=1S/C23H41N3/c1-21(2)10-8-6-4-3-5-7-9-15-25-16-18-26(19-17-25)20-22-11-13-23(24)14-12-22/h11-14,21H,3-10,15-20,24H2,1-2H3. The van der Waals surface area contributed by atoms with Crippen molar-refractivity contribution in [3.63, 3.8) is 0 Å². The Kier molecular flexibility index (Phi) is 10.1. The highest BCUT2D eigenvalue weighted by Crippen LogP contribution is 2.14. The van der Waals surface area contributed by atoms with Crippen molar-refractivity contribution in [2.45, 2.75) is 71.8 Å². The van der Waals surface area contributed by atoms with E-state index >= 15 is 0 Å². The fourth-order valence-electron chi connectivity index (χ4n) is 3.82. The average molecular weight is 360 g/mol.